The summed E-state index contributed by atoms with van der Waals surface area (Å²) in [4.78, 5) is 3.98. The number of fused-ring (bicyclic) bond motifs is 1. The molecule has 0 spiro atoms. The molecule has 3 rings (SSSR count). The molecule has 0 aliphatic rings. The number of ether oxygens (including phenoxy) is 2. The summed E-state index contributed by atoms with van der Waals surface area (Å²) in [5, 5.41) is -0.647. The molecule has 0 aliphatic heterocycles. The number of hydrogen-bond donors (Lipinski definition) is 1. The maximum Gasteiger partial charge on any atom is 0.418 e. The van der Waals surface area contributed by atoms with Crippen LogP contribution in [-0.4, -0.2) is 24.2 Å². The summed E-state index contributed by atoms with van der Waals surface area (Å²) >= 11 is 5.99. The molecule has 0 saturated carbocycles. The van der Waals surface area contributed by atoms with Crippen LogP contribution in [0.4, 0.5) is 27.6 Å². The fourth-order valence-corrected chi connectivity index (χ4v) is 3.83. The van der Waals surface area contributed by atoms with Gasteiger partial charge in [0.05, 0.1) is 16.6 Å². The Balaban J connectivity index is 2.06. The van der Waals surface area contributed by atoms with Gasteiger partial charge in [-0.25, -0.2) is 13.8 Å². The zero-order valence-electron chi connectivity index (χ0n) is 17.5. The Morgan fingerprint density at radius 1 is 1.09 bits per heavy atom. The summed E-state index contributed by atoms with van der Waals surface area (Å²) < 4.78 is 81.3. The van der Waals surface area contributed by atoms with Gasteiger partial charge in [0, 0.05) is 39.1 Å². The van der Waals surface area contributed by atoms with Crippen LogP contribution in [0.1, 0.15) is 5.56 Å². The molecule has 2 heterocycles. The number of rotatable bonds is 7. The third-order valence-electron chi connectivity index (χ3n) is 4.56. The molecule has 3 aromatic rings. The van der Waals surface area contributed by atoms with Crippen molar-refractivity contribution in [1.82, 2.24) is 9.55 Å². The average Bonchev–Trinajstić information content (AvgIpc) is 3.01. The van der Waals surface area contributed by atoms with Gasteiger partial charge in [-0.3, -0.25) is 0 Å². The number of nitrogens with two attached hydrogens (primary N) is 1. The number of alkyl halides is 3. The highest BCUT2D eigenvalue weighted by Crippen LogP contribution is 2.42. The fourth-order valence-electron chi connectivity index (χ4n) is 2.90. The van der Waals surface area contributed by atoms with Gasteiger partial charge in [0.2, 0.25) is 0 Å². The van der Waals surface area contributed by atoms with E-state index in [0.29, 0.717) is 18.7 Å². The molecule has 32 heavy (non-hydrogen) atoms. The number of nitrogen functional groups attached to an aromatic ring is 1. The molecule has 0 amide bonds. The Morgan fingerprint density at radius 3 is 2.41 bits per heavy atom. The van der Waals surface area contributed by atoms with E-state index in [2.05, 4.69) is 24.6 Å². The number of hydrogen-bond acceptors (Lipinski definition) is 4. The summed E-state index contributed by atoms with van der Waals surface area (Å²) in [6.45, 7) is 6.61. The number of aromatic nitrogens is 2. The number of pyridine rings is 1. The summed E-state index contributed by atoms with van der Waals surface area (Å²) in [5.74, 6) is -3.11. The monoisotopic (exact) mass is 493 g/mol. The second kappa shape index (κ2) is 8.87. The second-order valence-corrected chi connectivity index (χ2v) is 14.4. The number of nitrogens with zero attached hydrogens (tertiary/aromatic N) is 2. The first kappa shape index (κ1) is 24.3. The molecule has 0 radical (unpaired) electrons. The molecule has 0 unspecified atom stereocenters. The van der Waals surface area contributed by atoms with Crippen LogP contribution in [0.15, 0.2) is 24.4 Å². The van der Waals surface area contributed by atoms with Crippen molar-refractivity contribution in [3.05, 3.63) is 46.7 Å². The van der Waals surface area contributed by atoms with Crippen LogP contribution in [0.5, 0.6) is 11.5 Å². The standard InChI is InChI=1S/C20H21ClF5N3O2Si/c1-32(2,3)5-4-30-10-29-9-11(20(24,25)26)18-16(8-17(21)28-19(18)29)31-15-7-12(22)14(27)6-13(15)23/h6-9H,4-5,10,27H2,1-3H3. The van der Waals surface area contributed by atoms with Gasteiger partial charge in [-0.05, 0) is 6.04 Å². The van der Waals surface area contributed by atoms with Crippen LogP contribution in [0.3, 0.4) is 0 Å². The Hall–Kier alpha value is -2.37. The second-order valence-electron chi connectivity index (χ2n) is 8.41. The van der Waals surface area contributed by atoms with Crippen molar-refractivity contribution in [2.45, 2.75) is 38.6 Å². The van der Waals surface area contributed by atoms with E-state index >= 15 is 0 Å². The third-order valence-corrected chi connectivity index (χ3v) is 6.46. The first-order chi connectivity index (χ1) is 14.8. The molecule has 0 atom stereocenters. The van der Waals surface area contributed by atoms with Gasteiger partial charge in [0.25, 0.3) is 0 Å². The fraction of sp³-hybridized carbons (Fsp3) is 0.350. The van der Waals surface area contributed by atoms with E-state index in [1.807, 2.05) is 0 Å². The highest BCUT2D eigenvalue weighted by Gasteiger charge is 2.37. The Labute approximate surface area is 186 Å². The van der Waals surface area contributed by atoms with Crippen LogP contribution in [0, 0.1) is 11.6 Å². The van der Waals surface area contributed by atoms with Crippen molar-refractivity contribution < 1.29 is 31.4 Å². The summed E-state index contributed by atoms with van der Waals surface area (Å²) in [6.07, 6.45) is -3.95. The van der Waals surface area contributed by atoms with Crippen LogP contribution in [-0.2, 0) is 17.6 Å². The highest BCUT2D eigenvalue weighted by atomic mass is 35.5. The molecule has 2 aromatic heterocycles. The van der Waals surface area contributed by atoms with E-state index in [-0.39, 0.29) is 17.5 Å². The van der Waals surface area contributed by atoms with Gasteiger partial charge < -0.3 is 19.8 Å². The SMILES string of the molecule is C[Si](C)(C)CCOCn1cc(C(F)(F)F)c2c(Oc3cc(F)c(N)cc3F)cc(Cl)nc21. The molecule has 0 saturated heterocycles. The van der Waals surface area contributed by atoms with E-state index in [9.17, 15) is 22.0 Å². The van der Waals surface area contributed by atoms with Gasteiger partial charge >= 0.3 is 6.18 Å². The normalized spacial score (nSPS) is 12.5. The molecule has 12 heteroatoms. The summed E-state index contributed by atoms with van der Waals surface area (Å²) in [6, 6.07) is 3.15. The van der Waals surface area contributed by atoms with Crippen molar-refractivity contribution in [3.63, 3.8) is 0 Å². The predicted molar refractivity (Wildman–Crippen MR) is 115 cm³/mol. The molecule has 174 valence electrons. The zero-order chi connectivity index (χ0) is 23.8. The lowest BCUT2D eigenvalue weighted by Crippen LogP contribution is -2.22. The zero-order valence-corrected chi connectivity index (χ0v) is 19.2. The third kappa shape index (κ3) is 5.51. The first-order valence-electron chi connectivity index (χ1n) is 9.53. The van der Waals surface area contributed by atoms with Crippen molar-refractivity contribution in [1.29, 1.82) is 0 Å². The number of anilines is 1. The largest absolute Gasteiger partial charge is 0.453 e. The topological polar surface area (TPSA) is 62.3 Å². The predicted octanol–water partition coefficient (Wildman–Crippen LogP) is 6.67. The lowest BCUT2D eigenvalue weighted by molar-refractivity contribution is -0.136. The number of halogens is 6. The van der Waals surface area contributed by atoms with Crippen molar-refractivity contribution >= 4 is 36.4 Å². The molecule has 5 nitrogen and oxygen atoms in total. The number of benzene rings is 1. The van der Waals surface area contributed by atoms with Crippen LogP contribution < -0.4 is 10.5 Å². The van der Waals surface area contributed by atoms with Crippen LogP contribution >= 0.6 is 11.6 Å². The minimum absolute atomic E-state index is 0.163. The maximum atomic E-state index is 14.2. The Kier molecular flexibility index (Phi) is 6.73. The van der Waals surface area contributed by atoms with E-state index in [1.54, 1.807) is 0 Å². The van der Waals surface area contributed by atoms with Gasteiger partial charge in [-0.2, -0.15) is 13.2 Å². The van der Waals surface area contributed by atoms with Gasteiger partial charge in [-0.15, -0.1) is 0 Å². The van der Waals surface area contributed by atoms with E-state index < -0.39 is 54.0 Å². The summed E-state index contributed by atoms with van der Waals surface area (Å²) in [7, 11) is -1.40. The van der Waals surface area contributed by atoms with Gasteiger partial charge in [0.15, 0.2) is 11.6 Å². The van der Waals surface area contributed by atoms with E-state index in [0.717, 1.165) is 22.9 Å². The minimum atomic E-state index is -4.78. The minimum Gasteiger partial charge on any atom is -0.453 e. The van der Waals surface area contributed by atoms with Gasteiger partial charge in [0.1, 0.15) is 29.1 Å². The maximum absolute atomic E-state index is 14.2. The van der Waals surface area contributed by atoms with Crippen molar-refractivity contribution in [2.24, 2.45) is 0 Å². The van der Waals surface area contributed by atoms with Crippen molar-refractivity contribution in [3.8, 4) is 11.5 Å². The Morgan fingerprint density at radius 2 is 1.78 bits per heavy atom. The summed E-state index contributed by atoms with van der Waals surface area (Å²) in [5.41, 5.74) is 3.60. The van der Waals surface area contributed by atoms with Crippen molar-refractivity contribution in [2.75, 3.05) is 12.3 Å². The first-order valence-corrected chi connectivity index (χ1v) is 13.6. The lowest BCUT2D eigenvalue weighted by Gasteiger charge is -2.15. The average molecular weight is 494 g/mol. The highest BCUT2D eigenvalue weighted by molar-refractivity contribution is 6.76. The molecule has 1 aromatic carbocycles. The van der Waals surface area contributed by atoms with E-state index in [4.69, 9.17) is 26.8 Å². The lowest BCUT2D eigenvalue weighted by atomic mass is 10.2. The molecule has 0 fully saturated rings. The van der Waals surface area contributed by atoms with Crippen LogP contribution in [0.2, 0.25) is 30.8 Å². The van der Waals surface area contributed by atoms with Gasteiger partial charge in [-0.1, -0.05) is 31.2 Å². The molecular formula is C20H21ClF5N3O2Si. The molecular weight excluding hydrogens is 473 g/mol. The van der Waals surface area contributed by atoms with Crippen LogP contribution in [0.25, 0.3) is 11.0 Å². The molecule has 2 N–H and O–H groups in total. The molecule has 0 bridgehead atoms. The smallest absolute Gasteiger partial charge is 0.418 e. The quantitative estimate of drug-likeness (QED) is 0.131. The Bertz CT molecular complexity index is 1150. The van der Waals surface area contributed by atoms with E-state index in [1.165, 1.54) is 0 Å². The molecule has 0 aliphatic carbocycles.